The summed E-state index contributed by atoms with van der Waals surface area (Å²) in [5.41, 5.74) is 0.813. The molecule has 0 radical (unpaired) electrons. The van der Waals surface area contributed by atoms with Gasteiger partial charge in [-0.3, -0.25) is 0 Å². The average molecular weight is 189 g/mol. The molecule has 1 aromatic rings. The predicted molar refractivity (Wildman–Crippen MR) is 50.3 cm³/mol. The van der Waals surface area contributed by atoms with E-state index in [0.717, 1.165) is 5.56 Å². The molecule has 0 fully saturated rings. The number of rotatable bonds is 2. The molecule has 11 heavy (non-hydrogen) atoms. The van der Waals surface area contributed by atoms with Gasteiger partial charge in [-0.1, -0.05) is 23.7 Å². The molecule has 1 aromatic carbocycles. The Morgan fingerprint density at radius 2 is 2.27 bits per heavy atom. The Morgan fingerprint density at radius 1 is 1.55 bits per heavy atom. The number of thiol groups is 1. The van der Waals surface area contributed by atoms with Crippen LogP contribution in [0.15, 0.2) is 24.3 Å². The Bertz CT molecular complexity index is 239. The van der Waals surface area contributed by atoms with Crippen LogP contribution in [0.25, 0.3) is 0 Å². The summed E-state index contributed by atoms with van der Waals surface area (Å²) in [5, 5.41) is 9.96. The van der Waals surface area contributed by atoms with Gasteiger partial charge in [0.15, 0.2) is 0 Å². The van der Waals surface area contributed by atoms with E-state index >= 15 is 0 Å². The molecule has 1 atom stereocenters. The zero-order valence-corrected chi connectivity index (χ0v) is 7.52. The lowest BCUT2D eigenvalue weighted by atomic mass is 10.1. The molecule has 0 spiro atoms. The van der Waals surface area contributed by atoms with Crippen LogP contribution < -0.4 is 0 Å². The fourth-order valence-corrected chi connectivity index (χ4v) is 1.23. The first-order valence-corrected chi connectivity index (χ1v) is 4.29. The highest BCUT2D eigenvalue weighted by atomic mass is 35.5. The van der Waals surface area contributed by atoms with E-state index in [0.29, 0.717) is 10.8 Å². The van der Waals surface area contributed by atoms with Gasteiger partial charge in [-0.15, -0.1) is 0 Å². The molecule has 0 saturated carbocycles. The van der Waals surface area contributed by atoms with E-state index < -0.39 is 6.10 Å². The van der Waals surface area contributed by atoms with E-state index in [2.05, 4.69) is 12.6 Å². The van der Waals surface area contributed by atoms with Crippen molar-refractivity contribution in [3.8, 4) is 0 Å². The van der Waals surface area contributed by atoms with E-state index in [-0.39, 0.29) is 0 Å². The van der Waals surface area contributed by atoms with Gasteiger partial charge in [0.1, 0.15) is 0 Å². The fraction of sp³-hybridized carbons (Fsp3) is 0.250. The lowest BCUT2D eigenvalue weighted by Gasteiger charge is -2.06. The van der Waals surface area contributed by atoms with E-state index in [1.165, 1.54) is 0 Å². The van der Waals surface area contributed by atoms with Crippen LogP contribution in [0.2, 0.25) is 5.02 Å². The second kappa shape index (κ2) is 4.00. The molecular weight excluding hydrogens is 180 g/mol. The maximum Gasteiger partial charge on any atom is 0.0878 e. The van der Waals surface area contributed by atoms with Crippen LogP contribution in [-0.4, -0.2) is 10.9 Å². The first-order valence-electron chi connectivity index (χ1n) is 3.28. The zero-order valence-electron chi connectivity index (χ0n) is 5.87. The lowest BCUT2D eigenvalue weighted by Crippen LogP contribution is -1.97. The van der Waals surface area contributed by atoms with Crippen LogP contribution in [0.3, 0.4) is 0 Å². The first-order chi connectivity index (χ1) is 5.24. The van der Waals surface area contributed by atoms with Crippen molar-refractivity contribution < 1.29 is 5.11 Å². The largest absolute Gasteiger partial charge is 0.388 e. The topological polar surface area (TPSA) is 20.2 Å². The Kier molecular flexibility index (Phi) is 3.24. The number of benzene rings is 1. The van der Waals surface area contributed by atoms with Gasteiger partial charge < -0.3 is 5.11 Å². The highest BCUT2D eigenvalue weighted by Crippen LogP contribution is 2.17. The minimum absolute atomic E-state index is 0.417. The molecule has 0 bridgehead atoms. The standard InChI is InChI=1S/C8H9ClOS/c9-7-3-1-2-6(4-7)8(10)5-11/h1-4,8,10-11H,5H2. The van der Waals surface area contributed by atoms with Crippen LogP contribution in [-0.2, 0) is 0 Å². The highest BCUT2D eigenvalue weighted by molar-refractivity contribution is 7.80. The zero-order chi connectivity index (χ0) is 8.27. The summed E-state index contributed by atoms with van der Waals surface area (Å²) in [6.07, 6.45) is -0.517. The Hall–Kier alpha value is -0.180. The number of aliphatic hydroxyl groups excluding tert-OH is 1. The maximum absolute atomic E-state index is 9.32. The van der Waals surface area contributed by atoms with Gasteiger partial charge in [-0.2, -0.15) is 12.6 Å². The summed E-state index contributed by atoms with van der Waals surface area (Å²) in [6.45, 7) is 0. The van der Waals surface area contributed by atoms with E-state index in [4.69, 9.17) is 11.6 Å². The third-order valence-corrected chi connectivity index (χ3v) is 1.99. The first kappa shape index (κ1) is 8.91. The molecule has 0 aliphatic heterocycles. The summed E-state index contributed by atoms with van der Waals surface area (Å²) in [7, 11) is 0. The third-order valence-electron chi connectivity index (χ3n) is 1.41. The molecule has 0 aliphatic carbocycles. The van der Waals surface area contributed by atoms with Crippen molar-refractivity contribution >= 4 is 24.2 Å². The third kappa shape index (κ3) is 2.40. The van der Waals surface area contributed by atoms with E-state index in [1.807, 2.05) is 12.1 Å². The molecule has 0 amide bonds. The molecule has 0 aliphatic rings. The summed E-state index contributed by atoms with van der Waals surface area (Å²) in [6, 6.07) is 7.15. The van der Waals surface area contributed by atoms with Crippen LogP contribution in [0.5, 0.6) is 0 Å². The van der Waals surface area contributed by atoms with Gasteiger partial charge in [-0.25, -0.2) is 0 Å². The second-order valence-corrected chi connectivity index (χ2v) is 3.05. The van der Waals surface area contributed by atoms with Gasteiger partial charge in [0, 0.05) is 10.8 Å². The molecule has 1 nitrogen and oxygen atoms in total. The minimum atomic E-state index is -0.517. The van der Waals surface area contributed by atoms with Crippen molar-refractivity contribution in [2.75, 3.05) is 5.75 Å². The van der Waals surface area contributed by atoms with Crippen molar-refractivity contribution in [1.82, 2.24) is 0 Å². The van der Waals surface area contributed by atoms with Crippen LogP contribution in [0.1, 0.15) is 11.7 Å². The molecule has 3 heteroatoms. The quantitative estimate of drug-likeness (QED) is 0.683. The lowest BCUT2D eigenvalue weighted by molar-refractivity contribution is 0.204. The summed E-state index contributed by atoms with van der Waals surface area (Å²) in [5.74, 6) is 0.417. The SMILES string of the molecule is OC(CS)c1cccc(Cl)c1. The number of hydrogen-bond donors (Lipinski definition) is 2. The Labute approximate surface area is 76.4 Å². The van der Waals surface area contributed by atoms with Gasteiger partial charge in [0.05, 0.1) is 6.10 Å². The highest BCUT2D eigenvalue weighted by Gasteiger charge is 2.03. The van der Waals surface area contributed by atoms with Crippen molar-refractivity contribution in [3.63, 3.8) is 0 Å². The maximum atomic E-state index is 9.32. The Balaban J connectivity index is 2.86. The fourth-order valence-electron chi connectivity index (χ4n) is 0.819. The number of halogens is 1. The Morgan fingerprint density at radius 3 is 2.82 bits per heavy atom. The molecule has 0 heterocycles. The van der Waals surface area contributed by atoms with Gasteiger partial charge in [0.25, 0.3) is 0 Å². The van der Waals surface area contributed by atoms with Crippen LogP contribution in [0, 0.1) is 0 Å². The van der Waals surface area contributed by atoms with Crippen molar-refractivity contribution in [3.05, 3.63) is 34.9 Å². The predicted octanol–water partition coefficient (Wildman–Crippen LogP) is 2.30. The molecule has 1 N–H and O–H groups in total. The normalized spacial score (nSPS) is 13.0. The van der Waals surface area contributed by atoms with Crippen molar-refractivity contribution in [2.24, 2.45) is 0 Å². The second-order valence-electron chi connectivity index (χ2n) is 2.25. The summed E-state index contributed by atoms with van der Waals surface area (Å²) < 4.78 is 0. The molecule has 0 aromatic heterocycles. The van der Waals surface area contributed by atoms with Crippen molar-refractivity contribution in [2.45, 2.75) is 6.10 Å². The van der Waals surface area contributed by atoms with E-state index in [1.54, 1.807) is 12.1 Å². The molecular formula is C8H9ClOS. The molecule has 1 rings (SSSR count). The average Bonchev–Trinajstić information content (AvgIpc) is 2.03. The van der Waals surface area contributed by atoms with Crippen LogP contribution in [0.4, 0.5) is 0 Å². The van der Waals surface area contributed by atoms with Gasteiger partial charge >= 0.3 is 0 Å². The molecule has 60 valence electrons. The monoisotopic (exact) mass is 188 g/mol. The molecule has 0 saturated heterocycles. The van der Waals surface area contributed by atoms with E-state index in [9.17, 15) is 5.11 Å². The summed E-state index contributed by atoms with van der Waals surface area (Å²) >= 11 is 9.68. The number of hydrogen-bond acceptors (Lipinski definition) is 2. The number of aliphatic hydroxyl groups is 1. The summed E-state index contributed by atoms with van der Waals surface area (Å²) in [4.78, 5) is 0. The smallest absolute Gasteiger partial charge is 0.0878 e. The van der Waals surface area contributed by atoms with Gasteiger partial charge in [-0.05, 0) is 17.7 Å². The van der Waals surface area contributed by atoms with Crippen molar-refractivity contribution in [1.29, 1.82) is 0 Å². The minimum Gasteiger partial charge on any atom is -0.388 e. The molecule has 1 unspecified atom stereocenters. The van der Waals surface area contributed by atoms with Gasteiger partial charge in [0.2, 0.25) is 0 Å². The van der Waals surface area contributed by atoms with Crippen LogP contribution >= 0.6 is 24.2 Å².